The van der Waals surface area contributed by atoms with Gasteiger partial charge in [-0.2, -0.15) is 0 Å². The lowest BCUT2D eigenvalue weighted by molar-refractivity contribution is 0.0558. The largest absolute Gasteiger partial charge is 0.382 e. The summed E-state index contributed by atoms with van der Waals surface area (Å²) < 4.78 is 21.5. The predicted octanol–water partition coefficient (Wildman–Crippen LogP) is 2.65. The Hall–Kier alpha value is -0.160. The normalized spacial score (nSPS) is 35.2. The van der Waals surface area contributed by atoms with E-state index < -0.39 is 0 Å². The van der Waals surface area contributed by atoms with Gasteiger partial charge in [0.1, 0.15) is 6.10 Å². The van der Waals surface area contributed by atoms with Gasteiger partial charge in [0.2, 0.25) is 0 Å². The summed E-state index contributed by atoms with van der Waals surface area (Å²) in [6.45, 7) is 9.47. The Labute approximate surface area is 123 Å². The molecular weight excluding hydrogens is 256 g/mol. The summed E-state index contributed by atoms with van der Waals surface area (Å²) in [7, 11) is 1.71. The van der Waals surface area contributed by atoms with Crippen LogP contribution in [0.2, 0.25) is 0 Å². The van der Waals surface area contributed by atoms with E-state index in [9.17, 15) is 0 Å². The second-order valence-corrected chi connectivity index (χ2v) is 6.51. The van der Waals surface area contributed by atoms with E-state index in [2.05, 4.69) is 13.8 Å². The average Bonchev–Trinajstić information content (AvgIpc) is 3.33. The summed E-state index contributed by atoms with van der Waals surface area (Å²) in [6.07, 6.45) is 5.26. The van der Waals surface area contributed by atoms with Crippen LogP contribution in [0.25, 0.3) is 0 Å². The zero-order valence-corrected chi connectivity index (χ0v) is 13.3. The Balaban J connectivity index is 1.60. The van der Waals surface area contributed by atoms with Crippen molar-refractivity contribution in [3.63, 3.8) is 0 Å². The van der Waals surface area contributed by atoms with Crippen LogP contribution >= 0.6 is 0 Å². The summed E-state index contributed by atoms with van der Waals surface area (Å²) in [5.74, 6) is 0. The highest BCUT2D eigenvalue weighted by Gasteiger charge is 2.61. The minimum Gasteiger partial charge on any atom is -0.382 e. The molecule has 0 aromatic heterocycles. The van der Waals surface area contributed by atoms with Gasteiger partial charge in [-0.1, -0.05) is 13.8 Å². The third-order valence-corrected chi connectivity index (χ3v) is 5.22. The van der Waals surface area contributed by atoms with Crippen molar-refractivity contribution in [3.05, 3.63) is 0 Å². The highest BCUT2D eigenvalue weighted by Crippen LogP contribution is 2.69. The third-order valence-electron chi connectivity index (χ3n) is 5.22. The predicted molar refractivity (Wildman–Crippen MR) is 77.9 cm³/mol. The van der Waals surface area contributed by atoms with E-state index in [0.717, 1.165) is 32.8 Å². The number of hydrogen-bond acceptors (Lipinski definition) is 4. The lowest BCUT2D eigenvalue weighted by Crippen LogP contribution is -2.17. The first-order chi connectivity index (χ1) is 9.66. The molecule has 0 aromatic rings. The smallest absolute Gasteiger partial charge is 0.104 e. The summed E-state index contributed by atoms with van der Waals surface area (Å²) in [6, 6.07) is 0. The first-order valence-corrected chi connectivity index (χ1v) is 7.92. The first kappa shape index (κ1) is 16.2. The molecule has 0 N–H and O–H groups in total. The van der Waals surface area contributed by atoms with E-state index in [-0.39, 0.29) is 0 Å². The van der Waals surface area contributed by atoms with Gasteiger partial charge in [-0.25, -0.2) is 0 Å². The Bertz CT molecular complexity index is 292. The number of methoxy groups -OCH3 is 1. The van der Waals surface area contributed by atoms with Gasteiger partial charge in [0.05, 0.1) is 26.4 Å². The standard InChI is InChI=1S/C16H30O4/c1-4-16(6-8-19-11-14-12-20-14)13-15(16,2)5-7-18-10-9-17-3/h14H,4-13H2,1-3H3. The maximum Gasteiger partial charge on any atom is 0.104 e. The highest BCUT2D eigenvalue weighted by molar-refractivity contribution is 5.10. The molecule has 0 aromatic carbocycles. The van der Waals surface area contributed by atoms with Crippen LogP contribution in [0, 0.1) is 10.8 Å². The van der Waals surface area contributed by atoms with Crippen molar-refractivity contribution < 1.29 is 18.9 Å². The van der Waals surface area contributed by atoms with Crippen LogP contribution in [0.1, 0.15) is 39.5 Å². The van der Waals surface area contributed by atoms with Crippen molar-refractivity contribution in [2.24, 2.45) is 10.8 Å². The molecule has 4 heteroatoms. The van der Waals surface area contributed by atoms with E-state index in [1.54, 1.807) is 7.11 Å². The quantitative estimate of drug-likeness (QED) is 0.408. The molecule has 0 radical (unpaired) electrons. The molecule has 0 bridgehead atoms. The van der Waals surface area contributed by atoms with Crippen LogP contribution in [-0.4, -0.2) is 52.9 Å². The van der Waals surface area contributed by atoms with Gasteiger partial charge in [-0.05, 0) is 36.5 Å². The summed E-state index contributed by atoms with van der Waals surface area (Å²) >= 11 is 0. The van der Waals surface area contributed by atoms with Gasteiger partial charge in [0.25, 0.3) is 0 Å². The molecule has 118 valence electrons. The van der Waals surface area contributed by atoms with Gasteiger partial charge >= 0.3 is 0 Å². The van der Waals surface area contributed by atoms with E-state index in [4.69, 9.17) is 18.9 Å². The van der Waals surface area contributed by atoms with Crippen molar-refractivity contribution in [1.29, 1.82) is 0 Å². The Morgan fingerprint density at radius 3 is 2.50 bits per heavy atom. The molecule has 4 nitrogen and oxygen atoms in total. The maximum absolute atomic E-state index is 5.71. The van der Waals surface area contributed by atoms with Crippen LogP contribution in [0.5, 0.6) is 0 Å². The van der Waals surface area contributed by atoms with Crippen LogP contribution in [0.3, 0.4) is 0 Å². The van der Waals surface area contributed by atoms with E-state index in [1.807, 2.05) is 0 Å². The number of ether oxygens (including phenoxy) is 4. The molecule has 0 amide bonds. The molecule has 1 saturated carbocycles. The number of epoxide rings is 1. The maximum atomic E-state index is 5.71. The van der Waals surface area contributed by atoms with Crippen LogP contribution in [0.4, 0.5) is 0 Å². The zero-order chi connectivity index (χ0) is 14.5. The summed E-state index contributed by atoms with van der Waals surface area (Å²) in [5, 5.41) is 0. The monoisotopic (exact) mass is 286 g/mol. The molecule has 2 rings (SSSR count). The molecule has 20 heavy (non-hydrogen) atoms. The second-order valence-electron chi connectivity index (χ2n) is 6.51. The Morgan fingerprint density at radius 2 is 1.85 bits per heavy atom. The zero-order valence-electron chi connectivity index (χ0n) is 13.3. The summed E-state index contributed by atoms with van der Waals surface area (Å²) in [5.41, 5.74) is 0.913. The van der Waals surface area contributed by atoms with Gasteiger partial charge in [-0.15, -0.1) is 0 Å². The minimum absolute atomic E-state index is 0.382. The van der Waals surface area contributed by atoms with Gasteiger partial charge < -0.3 is 18.9 Å². The molecular formula is C16H30O4. The van der Waals surface area contributed by atoms with Crippen molar-refractivity contribution in [2.45, 2.75) is 45.6 Å². The van der Waals surface area contributed by atoms with Crippen LogP contribution in [0.15, 0.2) is 0 Å². The van der Waals surface area contributed by atoms with Crippen LogP contribution < -0.4 is 0 Å². The molecule has 1 saturated heterocycles. The van der Waals surface area contributed by atoms with E-state index >= 15 is 0 Å². The van der Waals surface area contributed by atoms with Gasteiger partial charge in [-0.3, -0.25) is 0 Å². The molecule has 2 fully saturated rings. The molecule has 1 aliphatic carbocycles. The molecule has 2 aliphatic rings. The number of hydrogen-bond donors (Lipinski definition) is 0. The molecule has 1 aliphatic heterocycles. The SMILES string of the molecule is CCC1(CCOCC2CO2)CC1(C)CCOCCOC. The Morgan fingerprint density at radius 1 is 1.10 bits per heavy atom. The molecule has 3 unspecified atom stereocenters. The lowest BCUT2D eigenvalue weighted by Gasteiger charge is -2.21. The lowest BCUT2D eigenvalue weighted by atomic mass is 9.87. The first-order valence-electron chi connectivity index (χ1n) is 7.92. The van der Waals surface area contributed by atoms with Gasteiger partial charge in [0.15, 0.2) is 0 Å². The number of rotatable bonds is 12. The molecule has 3 atom stereocenters. The van der Waals surface area contributed by atoms with E-state index in [1.165, 1.54) is 19.3 Å². The van der Waals surface area contributed by atoms with Crippen molar-refractivity contribution in [2.75, 3.05) is 46.8 Å². The molecule has 0 spiro atoms. The highest BCUT2D eigenvalue weighted by atomic mass is 16.6. The second kappa shape index (κ2) is 7.21. The fraction of sp³-hybridized carbons (Fsp3) is 1.00. The van der Waals surface area contributed by atoms with E-state index in [0.29, 0.717) is 30.1 Å². The van der Waals surface area contributed by atoms with Crippen molar-refractivity contribution in [3.8, 4) is 0 Å². The van der Waals surface area contributed by atoms with Crippen molar-refractivity contribution in [1.82, 2.24) is 0 Å². The average molecular weight is 286 g/mol. The minimum atomic E-state index is 0.382. The van der Waals surface area contributed by atoms with Crippen molar-refractivity contribution >= 4 is 0 Å². The fourth-order valence-electron chi connectivity index (χ4n) is 3.36. The third kappa shape index (κ3) is 4.17. The topological polar surface area (TPSA) is 40.2 Å². The van der Waals surface area contributed by atoms with Gasteiger partial charge in [0, 0.05) is 20.3 Å². The summed E-state index contributed by atoms with van der Waals surface area (Å²) in [4.78, 5) is 0. The molecule has 1 heterocycles. The Kier molecular flexibility index (Phi) is 5.84. The fourth-order valence-corrected chi connectivity index (χ4v) is 3.36. The van der Waals surface area contributed by atoms with Crippen LogP contribution in [-0.2, 0) is 18.9 Å².